The molecule has 25 heavy (non-hydrogen) atoms. The van der Waals surface area contributed by atoms with Gasteiger partial charge in [-0.05, 0) is 27.9 Å². The number of carbonyl (C=O) groups is 1. The van der Waals surface area contributed by atoms with Crippen LogP contribution in [0.4, 0.5) is 5.82 Å². The number of fused-ring (bicyclic) bond motifs is 1. The zero-order valence-electron chi connectivity index (χ0n) is 15.7. The molecule has 0 spiro atoms. The van der Waals surface area contributed by atoms with E-state index in [0.29, 0.717) is 11.5 Å². The molecule has 1 aliphatic rings. The Labute approximate surface area is 148 Å². The minimum atomic E-state index is -0.249. The summed E-state index contributed by atoms with van der Waals surface area (Å²) in [6, 6.07) is 10.1. The smallest absolute Gasteiger partial charge is 0.291 e. The number of imidazole rings is 1. The van der Waals surface area contributed by atoms with Crippen molar-refractivity contribution in [1.29, 1.82) is 0 Å². The molecule has 1 N–H and O–H groups in total. The van der Waals surface area contributed by atoms with Crippen molar-refractivity contribution in [1.82, 2.24) is 24.9 Å². The van der Waals surface area contributed by atoms with Crippen LogP contribution in [0.2, 0.25) is 0 Å². The minimum absolute atomic E-state index is 0.0716. The normalized spacial score (nSPS) is 17.6. The number of nitrogens with one attached hydrogen (secondary N) is 1. The first-order valence-corrected chi connectivity index (χ1v) is 8.44. The van der Waals surface area contributed by atoms with Crippen molar-refractivity contribution in [3.63, 3.8) is 0 Å². The number of nitrogens with zero attached hydrogens (tertiary/aromatic N) is 5. The summed E-state index contributed by atoms with van der Waals surface area (Å²) in [6.07, 6.45) is -0.249. The maximum Gasteiger partial charge on any atom is 0.291 e. The van der Waals surface area contributed by atoms with Crippen LogP contribution in [0, 0.1) is 0 Å². The van der Waals surface area contributed by atoms with Crippen molar-refractivity contribution in [2.75, 3.05) is 26.0 Å². The van der Waals surface area contributed by atoms with Crippen molar-refractivity contribution in [3.05, 3.63) is 36.0 Å². The summed E-state index contributed by atoms with van der Waals surface area (Å²) >= 11 is 0. The average Bonchev–Trinajstić information content (AvgIpc) is 2.90. The Morgan fingerprint density at radius 2 is 1.80 bits per heavy atom. The lowest BCUT2D eigenvalue weighted by atomic mass is 10.2. The Morgan fingerprint density at radius 1 is 1.16 bits per heavy atom. The van der Waals surface area contributed by atoms with Crippen LogP contribution in [0.3, 0.4) is 0 Å². The third-order valence-electron chi connectivity index (χ3n) is 4.30. The molecule has 0 saturated heterocycles. The molecule has 1 aromatic heterocycles. The largest absolute Gasteiger partial charge is 0.323 e. The van der Waals surface area contributed by atoms with Gasteiger partial charge in [0, 0.05) is 25.7 Å². The van der Waals surface area contributed by atoms with E-state index in [1.165, 1.54) is 0 Å². The lowest BCUT2D eigenvalue weighted by molar-refractivity contribution is 0.0144. The summed E-state index contributed by atoms with van der Waals surface area (Å²) in [5, 5.41) is 1.68. The molecule has 3 rings (SSSR count). The summed E-state index contributed by atoms with van der Waals surface area (Å²) in [4.78, 5) is 22.0. The molecule has 1 aliphatic heterocycles. The summed E-state index contributed by atoms with van der Waals surface area (Å²) in [5.74, 6) is 1.42. The highest BCUT2D eigenvalue weighted by atomic mass is 16.2. The van der Waals surface area contributed by atoms with E-state index in [1.807, 2.05) is 86.7 Å². The Bertz CT molecular complexity index is 767. The number of rotatable bonds is 4. The second-order valence-corrected chi connectivity index (χ2v) is 6.91. The standard InChI is InChI=1S/C18H26N6O/c1-12(2)20-24-17(25)14-16(23(6)18(24)21(3)4)19-15(22(14)5)13-10-8-7-9-11-13/h7-12,18,20H,1-6H3. The lowest BCUT2D eigenvalue weighted by Crippen LogP contribution is -2.65. The van der Waals surface area contributed by atoms with Crippen molar-refractivity contribution >= 4 is 11.7 Å². The highest BCUT2D eigenvalue weighted by Gasteiger charge is 2.41. The zero-order chi connectivity index (χ0) is 18.3. The molecule has 7 nitrogen and oxygen atoms in total. The predicted octanol–water partition coefficient (Wildman–Crippen LogP) is 1.74. The second kappa shape index (κ2) is 6.50. The molecule has 0 radical (unpaired) electrons. The van der Waals surface area contributed by atoms with Crippen LogP contribution in [0.15, 0.2) is 30.3 Å². The number of anilines is 1. The Kier molecular flexibility index (Phi) is 4.53. The van der Waals surface area contributed by atoms with E-state index in [2.05, 4.69) is 5.43 Å². The SMILES string of the molecule is CC(C)NN1C(=O)c2c(nc(-c3ccccc3)n2C)N(C)C1N(C)C. The van der Waals surface area contributed by atoms with Crippen molar-refractivity contribution in [2.24, 2.45) is 7.05 Å². The van der Waals surface area contributed by atoms with E-state index in [0.717, 1.165) is 11.4 Å². The summed E-state index contributed by atoms with van der Waals surface area (Å²) in [5.41, 5.74) is 4.85. The minimum Gasteiger partial charge on any atom is -0.323 e. The third-order valence-corrected chi connectivity index (χ3v) is 4.30. The Balaban J connectivity index is 2.13. The quantitative estimate of drug-likeness (QED) is 0.917. The van der Waals surface area contributed by atoms with Gasteiger partial charge in [-0.2, -0.15) is 0 Å². The Morgan fingerprint density at radius 3 is 2.36 bits per heavy atom. The highest BCUT2D eigenvalue weighted by Crippen LogP contribution is 2.33. The van der Waals surface area contributed by atoms with Gasteiger partial charge in [-0.25, -0.2) is 15.4 Å². The summed E-state index contributed by atoms with van der Waals surface area (Å²) in [7, 11) is 7.77. The predicted molar refractivity (Wildman–Crippen MR) is 99.0 cm³/mol. The number of hydrazine groups is 1. The van der Waals surface area contributed by atoms with Crippen LogP contribution in [-0.2, 0) is 7.05 Å². The molecule has 0 saturated carbocycles. The number of amides is 1. The molecule has 7 heteroatoms. The van der Waals surface area contributed by atoms with Gasteiger partial charge in [0.25, 0.3) is 5.91 Å². The van der Waals surface area contributed by atoms with Gasteiger partial charge in [-0.3, -0.25) is 9.69 Å². The van der Waals surface area contributed by atoms with Crippen LogP contribution in [-0.4, -0.2) is 58.8 Å². The van der Waals surface area contributed by atoms with Gasteiger partial charge < -0.3 is 9.47 Å². The van der Waals surface area contributed by atoms with Gasteiger partial charge in [0.2, 0.25) is 0 Å². The van der Waals surface area contributed by atoms with Crippen molar-refractivity contribution < 1.29 is 4.79 Å². The maximum absolute atomic E-state index is 13.2. The monoisotopic (exact) mass is 342 g/mol. The van der Waals surface area contributed by atoms with Crippen LogP contribution in [0.5, 0.6) is 0 Å². The molecule has 0 bridgehead atoms. The van der Waals surface area contributed by atoms with Crippen molar-refractivity contribution in [2.45, 2.75) is 26.2 Å². The van der Waals surface area contributed by atoms with E-state index >= 15 is 0 Å². The molecule has 1 aromatic carbocycles. The molecular formula is C18H26N6O. The van der Waals surface area contributed by atoms with E-state index in [1.54, 1.807) is 5.01 Å². The molecule has 134 valence electrons. The fourth-order valence-electron chi connectivity index (χ4n) is 3.30. The van der Waals surface area contributed by atoms with Gasteiger partial charge in [0.05, 0.1) is 0 Å². The summed E-state index contributed by atoms with van der Waals surface area (Å²) < 4.78 is 1.88. The fraction of sp³-hybridized carbons (Fsp3) is 0.444. The van der Waals surface area contributed by atoms with Gasteiger partial charge in [0.1, 0.15) is 5.82 Å². The van der Waals surface area contributed by atoms with Gasteiger partial charge in [-0.15, -0.1) is 0 Å². The van der Waals surface area contributed by atoms with E-state index < -0.39 is 0 Å². The number of benzene rings is 1. The van der Waals surface area contributed by atoms with Gasteiger partial charge >= 0.3 is 0 Å². The van der Waals surface area contributed by atoms with Crippen LogP contribution >= 0.6 is 0 Å². The van der Waals surface area contributed by atoms with Gasteiger partial charge in [0.15, 0.2) is 17.8 Å². The van der Waals surface area contributed by atoms with E-state index in [-0.39, 0.29) is 18.2 Å². The lowest BCUT2D eigenvalue weighted by Gasteiger charge is -2.45. The first kappa shape index (κ1) is 17.4. The molecule has 2 heterocycles. The molecule has 0 aliphatic carbocycles. The van der Waals surface area contributed by atoms with E-state index in [9.17, 15) is 4.79 Å². The molecule has 1 amide bonds. The second-order valence-electron chi connectivity index (χ2n) is 6.91. The highest BCUT2D eigenvalue weighted by molar-refractivity contribution is 6.00. The molecule has 0 fully saturated rings. The van der Waals surface area contributed by atoms with Crippen molar-refractivity contribution in [3.8, 4) is 11.4 Å². The first-order chi connectivity index (χ1) is 11.8. The molecule has 1 atom stereocenters. The zero-order valence-corrected chi connectivity index (χ0v) is 15.7. The summed E-state index contributed by atoms with van der Waals surface area (Å²) in [6.45, 7) is 4.04. The fourth-order valence-corrected chi connectivity index (χ4v) is 3.30. The molecule has 2 aromatic rings. The third kappa shape index (κ3) is 2.89. The van der Waals surface area contributed by atoms with Gasteiger partial charge in [-0.1, -0.05) is 30.3 Å². The number of aromatic nitrogens is 2. The topological polar surface area (TPSA) is 56.6 Å². The number of hydrogen-bond acceptors (Lipinski definition) is 5. The number of carbonyl (C=O) groups excluding carboxylic acids is 1. The van der Waals surface area contributed by atoms with E-state index in [4.69, 9.17) is 4.98 Å². The van der Waals surface area contributed by atoms with Crippen LogP contribution in [0.1, 0.15) is 24.3 Å². The molecule has 1 unspecified atom stereocenters. The number of hydrogen-bond donors (Lipinski definition) is 1. The first-order valence-electron chi connectivity index (χ1n) is 8.44. The Hall–Kier alpha value is -2.38. The maximum atomic E-state index is 13.2. The molecular weight excluding hydrogens is 316 g/mol. The average molecular weight is 342 g/mol. The van der Waals surface area contributed by atoms with Crippen LogP contribution in [0.25, 0.3) is 11.4 Å². The van der Waals surface area contributed by atoms with Crippen LogP contribution < -0.4 is 10.3 Å².